The van der Waals surface area contributed by atoms with Crippen molar-refractivity contribution in [3.05, 3.63) is 64.7 Å². The lowest BCUT2D eigenvalue weighted by Crippen LogP contribution is -2.12. The normalized spacial score (nSPS) is 11.4. The number of fused-ring (bicyclic) bond motifs is 1. The van der Waals surface area contributed by atoms with Crippen molar-refractivity contribution in [2.24, 2.45) is 7.05 Å². The van der Waals surface area contributed by atoms with E-state index in [1.54, 1.807) is 36.0 Å². The first kappa shape index (κ1) is 17.8. The van der Waals surface area contributed by atoms with Crippen LogP contribution < -0.4 is 11.4 Å². The van der Waals surface area contributed by atoms with Gasteiger partial charge < -0.3 is 10.2 Å². The van der Waals surface area contributed by atoms with Crippen molar-refractivity contribution in [2.75, 3.05) is 5.73 Å². The number of aromatic amines is 1. The van der Waals surface area contributed by atoms with Gasteiger partial charge >= 0.3 is 5.69 Å². The Kier molecular flexibility index (Phi) is 3.95. The minimum absolute atomic E-state index is 0.136. The molecule has 0 spiro atoms. The Balaban J connectivity index is 1.66. The fourth-order valence-electron chi connectivity index (χ4n) is 3.25. The van der Waals surface area contributed by atoms with Gasteiger partial charge in [-0.2, -0.15) is 5.10 Å². The third-order valence-electron chi connectivity index (χ3n) is 4.71. The minimum Gasteiger partial charge on any atom is -0.443 e. The van der Waals surface area contributed by atoms with E-state index in [0.717, 1.165) is 0 Å². The summed E-state index contributed by atoms with van der Waals surface area (Å²) in [7, 11) is 1.57. The second-order valence-corrected chi connectivity index (χ2v) is 6.62. The molecular weight excluding hydrogens is 391 g/mol. The fraction of sp³-hybridized carbons (Fsp3) is 0.105. The Hall–Kier alpha value is -4.28. The number of aromatic nitrogens is 7. The molecule has 0 saturated carbocycles. The SMILES string of the molecule is Cn1c(=O)[nH]c2nc(-c3cc(-c4ncco4)n(Cc4ccccc4F)n3)nc(N)c21. The smallest absolute Gasteiger partial charge is 0.327 e. The molecule has 5 rings (SSSR count). The van der Waals surface area contributed by atoms with Crippen molar-refractivity contribution in [1.29, 1.82) is 0 Å². The molecule has 0 amide bonds. The van der Waals surface area contributed by atoms with E-state index in [4.69, 9.17) is 10.2 Å². The molecule has 0 radical (unpaired) electrons. The third kappa shape index (κ3) is 2.83. The summed E-state index contributed by atoms with van der Waals surface area (Å²) in [6.45, 7) is 0.143. The number of nitrogens with one attached hydrogen (secondary N) is 1. The highest BCUT2D eigenvalue weighted by atomic mass is 19.1. The maximum absolute atomic E-state index is 14.2. The van der Waals surface area contributed by atoms with Gasteiger partial charge in [-0.3, -0.25) is 14.2 Å². The topological polar surface area (TPSA) is 133 Å². The van der Waals surface area contributed by atoms with Crippen molar-refractivity contribution in [3.8, 4) is 23.1 Å². The van der Waals surface area contributed by atoms with Gasteiger partial charge in [-0.1, -0.05) is 18.2 Å². The number of H-pyrrole nitrogens is 1. The highest BCUT2D eigenvalue weighted by Crippen LogP contribution is 2.26. The summed E-state index contributed by atoms with van der Waals surface area (Å²) in [6.07, 6.45) is 2.94. The second-order valence-electron chi connectivity index (χ2n) is 6.62. The van der Waals surface area contributed by atoms with E-state index in [2.05, 4.69) is 25.0 Å². The Morgan fingerprint density at radius 3 is 2.87 bits per heavy atom. The molecular formula is C19H15FN8O2. The zero-order chi connectivity index (χ0) is 20.8. The molecule has 30 heavy (non-hydrogen) atoms. The van der Waals surface area contributed by atoms with Crippen molar-refractivity contribution < 1.29 is 8.81 Å². The molecule has 4 heterocycles. The van der Waals surface area contributed by atoms with Crippen LogP contribution in [0.15, 0.2) is 52.0 Å². The summed E-state index contributed by atoms with van der Waals surface area (Å²) < 4.78 is 22.5. The molecule has 0 unspecified atom stereocenters. The number of nitrogen functional groups attached to an aromatic ring is 1. The van der Waals surface area contributed by atoms with E-state index < -0.39 is 0 Å². The summed E-state index contributed by atoms with van der Waals surface area (Å²) in [4.78, 5) is 27.4. The molecule has 3 N–H and O–H groups in total. The van der Waals surface area contributed by atoms with Crippen LogP contribution in [0.5, 0.6) is 0 Å². The summed E-state index contributed by atoms with van der Waals surface area (Å²) >= 11 is 0. The predicted octanol–water partition coefficient (Wildman–Crippen LogP) is 1.94. The number of imidazole rings is 1. The monoisotopic (exact) mass is 406 g/mol. The number of anilines is 1. The number of rotatable bonds is 4. The Labute approximate surface area is 167 Å². The van der Waals surface area contributed by atoms with Crippen molar-refractivity contribution in [3.63, 3.8) is 0 Å². The molecule has 0 fully saturated rings. The number of benzene rings is 1. The zero-order valence-electron chi connectivity index (χ0n) is 15.7. The second kappa shape index (κ2) is 6.65. The van der Waals surface area contributed by atoms with E-state index in [9.17, 15) is 9.18 Å². The summed E-state index contributed by atoms with van der Waals surface area (Å²) in [6, 6.07) is 8.10. The van der Waals surface area contributed by atoms with E-state index in [1.165, 1.54) is 23.1 Å². The Bertz CT molecular complexity index is 1430. The predicted molar refractivity (Wildman–Crippen MR) is 106 cm³/mol. The number of aryl methyl sites for hydroxylation is 1. The van der Waals surface area contributed by atoms with Gasteiger partial charge in [-0.25, -0.2) is 24.1 Å². The Morgan fingerprint density at radius 1 is 1.27 bits per heavy atom. The van der Waals surface area contributed by atoms with Crippen LogP contribution >= 0.6 is 0 Å². The minimum atomic E-state index is -0.353. The van der Waals surface area contributed by atoms with E-state index in [1.807, 2.05) is 0 Å². The number of hydrogen-bond donors (Lipinski definition) is 2. The van der Waals surface area contributed by atoms with Gasteiger partial charge in [0, 0.05) is 18.7 Å². The summed E-state index contributed by atoms with van der Waals surface area (Å²) in [5.74, 6) is 0.308. The molecule has 0 bridgehead atoms. The maximum atomic E-state index is 14.2. The molecule has 0 aliphatic rings. The number of nitrogens with zero attached hydrogens (tertiary/aromatic N) is 6. The Morgan fingerprint density at radius 2 is 2.10 bits per heavy atom. The highest BCUT2D eigenvalue weighted by molar-refractivity contribution is 5.83. The van der Waals surface area contributed by atoms with Crippen LogP contribution in [-0.4, -0.2) is 34.3 Å². The molecule has 4 aromatic heterocycles. The van der Waals surface area contributed by atoms with Gasteiger partial charge in [0.1, 0.15) is 29.0 Å². The molecule has 1 aromatic carbocycles. The van der Waals surface area contributed by atoms with Crippen LogP contribution in [0.3, 0.4) is 0 Å². The summed E-state index contributed by atoms with van der Waals surface area (Å²) in [5.41, 5.74) is 7.73. The van der Waals surface area contributed by atoms with Crippen molar-refractivity contribution >= 4 is 17.0 Å². The quantitative estimate of drug-likeness (QED) is 0.466. The standard InChI is InChI=1S/C19H15FN8O2/c1-27-14-15(21)23-16(24-17(14)25-19(27)29)12-8-13(18-22-6-7-30-18)28(26-12)9-10-4-2-3-5-11(10)20/h2-8H,9H2,1H3,(H3,21,23,24,25,29). The molecule has 150 valence electrons. The van der Waals surface area contributed by atoms with Crippen LogP contribution in [0.2, 0.25) is 0 Å². The van der Waals surface area contributed by atoms with E-state index in [0.29, 0.717) is 34.0 Å². The number of halogens is 1. The lowest BCUT2D eigenvalue weighted by Gasteiger charge is -2.06. The molecule has 10 nitrogen and oxygen atoms in total. The molecule has 11 heteroatoms. The van der Waals surface area contributed by atoms with Crippen LogP contribution in [0.25, 0.3) is 34.3 Å². The number of hydrogen-bond acceptors (Lipinski definition) is 7. The number of nitrogens with two attached hydrogens (primary N) is 1. The molecule has 0 aliphatic carbocycles. The first-order chi connectivity index (χ1) is 14.5. The van der Waals surface area contributed by atoms with E-state index in [-0.39, 0.29) is 29.7 Å². The lowest BCUT2D eigenvalue weighted by molar-refractivity contribution is 0.553. The summed E-state index contributed by atoms with van der Waals surface area (Å²) in [5, 5.41) is 4.52. The average molecular weight is 406 g/mol. The molecule has 0 atom stereocenters. The highest BCUT2D eigenvalue weighted by Gasteiger charge is 2.20. The lowest BCUT2D eigenvalue weighted by atomic mass is 10.2. The number of oxazole rings is 1. The fourth-order valence-corrected chi connectivity index (χ4v) is 3.25. The van der Waals surface area contributed by atoms with Crippen molar-refractivity contribution in [2.45, 2.75) is 6.54 Å². The van der Waals surface area contributed by atoms with Gasteiger partial charge in [0.25, 0.3) is 0 Å². The maximum Gasteiger partial charge on any atom is 0.327 e. The first-order valence-electron chi connectivity index (χ1n) is 8.95. The van der Waals surface area contributed by atoms with E-state index >= 15 is 0 Å². The largest absolute Gasteiger partial charge is 0.443 e. The molecule has 0 aliphatic heterocycles. The van der Waals surface area contributed by atoms with Gasteiger partial charge in [0.2, 0.25) is 5.89 Å². The average Bonchev–Trinajstić information content (AvgIpc) is 3.44. The van der Waals surface area contributed by atoms with Crippen LogP contribution in [0.1, 0.15) is 5.56 Å². The van der Waals surface area contributed by atoms with Crippen molar-refractivity contribution in [1.82, 2.24) is 34.3 Å². The van der Waals surface area contributed by atoms with Gasteiger partial charge in [-0.05, 0) is 6.07 Å². The molecule has 5 aromatic rings. The van der Waals surface area contributed by atoms with Gasteiger partial charge in [-0.15, -0.1) is 0 Å². The van der Waals surface area contributed by atoms with Gasteiger partial charge in [0.05, 0.1) is 12.7 Å². The third-order valence-corrected chi connectivity index (χ3v) is 4.71. The zero-order valence-corrected chi connectivity index (χ0v) is 15.7. The molecule has 0 saturated heterocycles. The van der Waals surface area contributed by atoms with Crippen LogP contribution in [0, 0.1) is 5.82 Å². The van der Waals surface area contributed by atoms with Crippen LogP contribution in [0.4, 0.5) is 10.2 Å². The van der Waals surface area contributed by atoms with Crippen LogP contribution in [-0.2, 0) is 13.6 Å². The van der Waals surface area contributed by atoms with Gasteiger partial charge in [0.15, 0.2) is 17.3 Å². The first-order valence-corrected chi connectivity index (χ1v) is 8.95.